The highest BCUT2D eigenvalue weighted by atomic mass is 35.5. The van der Waals surface area contributed by atoms with Crippen molar-refractivity contribution in [3.63, 3.8) is 0 Å². The van der Waals surface area contributed by atoms with Gasteiger partial charge < -0.3 is 9.88 Å². The van der Waals surface area contributed by atoms with Gasteiger partial charge in [-0.1, -0.05) is 11.6 Å². The molecule has 0 unspecified atom stereocenters. The second-order valence-corrected chi connectivity index (χ2v) is 7.15. The molecule has 1 aliphatic heterocycles. The van der Waals surface area contributed by atoms with Crippen LogP contribution >= 0.6 is 23.4 Å². The molecule has 3 rings (SSSR count). The fourth-order valence-corrected chi connectivity index (χ4v) is 3.34. The molecule has 1 N–H and O–H groups in total. The summed E-state index contributed by atoms with van der Waals surface area (Å²) in [6.07, 6.45) is 1.82. The maximum absolute atomic E-state index is 12.2. The molecule has 0 aliphatic carbocycles. The van der Waals surface area contributed by atoms with Crippen LogP contribution in [0.25, 0.3) is 6.08 Å². The number of amides is 2. The fourth-order valence-electron chi connectivity index (χ4n) is 2.40. The monoisotopic (exact) mass is 373 g/mol. The van der Waals surface area contributed by atoms with E-state index in [4.69, 9.17) is 11.6 Å². The topological polar surface area (TPSA) is 63.5 Å². The van der Waals surface area contributed by atoms with Gasteiger partial charge >= 0.3 is 0 Å². The lowest BCUT2D eigenvalue weighted by atomic mass is 10.2. The van der Waals surface area contributed by atoms with E-state index in [1.54, 1.807) is 24.3 Å². The molecule has 1 saturated heterocycles. The minimum Gasteiger partial charge on any atom is -0.352 e. The number of aliphatic imine (C=N–C) groups is 1. The van der Waals surface area contributed by atoms with E-state index in [0.29, 0.717) is 15.5 Å². The summed E-state index contributed by atoms with van der Waals surface area (Å²) in [5.74, 6) is -0.680. The van der Waals surface area contributed by atoms with Gasteiger partial charge in [-0.3, -0.25) is 9.59 Å². The SMILES string of the molecule is Cc1cc(/C=C2\SC(=NC(=O)c3ccc(Cl)cc3)NC2=O)c(C)n1C. The zero-order valence-corrected chi connectivity index (χ0v) is 15.5. The van der Waals surface area contributed by atoms with E-state index in [2.05, 4.69) is 14.9 Å². The molecule has 1 aromatic heterocycles. The predicted octanol–water partition coefficient (Wildman–Crippen LogP) is 3.70. The smallest absolute Gasteiger partial charge is 0.279 e. The van der Waals surface area contributed by atoms with Gasteiger partial charge in [0.1, 0.15) is 0 Å². The average Bonchev–Trinajstić information content (AvgIpc) is 3.03. The van der Waals surface area contributed by atoms with Crippen molar-refractivity contribution in [3.05, 3.63) is 62.8 Å². The van der Waals surface area contributed by atoms with Crippen molar-refractivity contribution in [2.75, 3.05) is 0 Å². The minimum absolute atomic E-state index is 0.256. The maximum atomic E-state index is 12.2. The molecule has 1 aromatic carbocycles. The van der Waals surface area contributed by atoms with Gasteiger partial charge in [0.25, 0.3) is 11.8 Å². The summed E-state index contributed by atoms with van der Waals surface area (Å²) >= 11 is 6.97. The Labute approximate surface area is 154 Å². The van der Waals surface area contributed by atoms with E-state index in [1.807, 2.05) is 33.0 Å². The van der Waals surface area contributed by atoms with Gasteiger partial charge in [0.05, 0.1) is 4.91 Å². The summed E-state index contributed by atoms with van der Waals surface area (Å²) in [7, 11) is 1.98. The molecule has 0 radical (unpaired) electrons. The molecule has 2 heterocycles. The summed E-state index contributed by atoms with van der Waals surface area (Å²) in [5.41, 5.74) is 3.57. The molecule has 7 heteroatoms. The number of carbonyl (C=O) groups is 2. The third-order valence-corrected chi connectivity index (χ3v) is 5.21. The van der Waals surface area contributed by atoms with Crippen LogP contribution in [0, 0.1) is 13.8 Å². The fraction of sp³-hybridized carbons (Fsp3) is 0.167. The van der Waals surface area contributed by atoms with Crippen molar-refractivity contribution < 1.29 is 9.59 Å². The molecule has 5 nitrogen and oxygen atoms in total. The first kappa shape index (κ1) is 17.5. The van der Waals surface area contributed by atoms with E-state index < -0.39 is 5.91 Å². The number of hydrogen-bond donors (Lipinski definition) is 1. The summed E-state index contributed by atoms with van der Waals surface area (Å²) in [6.45, 7) is 4.00. The lowest BCUT2D eigenvalue weighted by molar-refractivity contribution is -0.115. The van der Waals surface area contributed by atoms with E-state index in [9.17, 15) is 9.59 Å². The number of halogens is 1. The van der Waals surface area contributed by atoms with Crippen LogP contribution in [-0.2, 0) is 11.8 Å². The van der Waals surface area contributed by atoms with Gasteiger partial charge in [0.2, 0.25) is 0 Å². The number of nitrogens with one attached hydrogen (secondary N) is 1. The van der Waals surface area contributed by atoms with Gasteiger partial charge in [-0.15, -0.1) is 0 Å². The van der Waals surface area contributed by atoms with Crippen LogP contribution in [0.15, 0.2) is 40.2 Å². The first-order valence-corrected chi connectivity index (χ1v) is 8.77. The van der Waals surface area contributed by atoms with E-state index in [0.717, 1.165) is 28.7 Å². The first-order valence-electron chi connectivity index (χ1n) is 7.57. The molecule has 0 bridgehead atoms. The largest absolute Gasteiger partial charge is 0.352 e. The Morgan fingerprint density at radius 1 is 1.28 bits per heavy atom. The van der Waals surface area contributed by atoms with Crippen molar-refractivity contribution in [1.29, 1.82) is 0 Å². The lowest BCUT2D eigenvalue weighted by Crippen LogP contribution is -2.20. The van der Waals surface area contributed by atoms with Crippen LogP contribution in [0.2, 0.25) is 5.02 Å². The summed E-state index contributed by atoms with van der Waals surface area (Å²) in [5, 5.41) is 3.46. The molecule has 1 aliphatic rings. The van der Waals surface area contributed by atoms with Crippen LogP contribution < -0.4 is 5.32 Å². The Morgan fingerprint density at radius 2 is 1.96 bits per heavy atom. The molecular formula is C18H16ClN3O2S. The van der Waals surface area contributed by atoms with Gasteiger partial charge in [-0.2, -0.15) is 4.99 Å². The standard InChI is InChI=1S/C18H16ClN3O2S/c1-10-8-13(11(2)22(10)3)9-15-17(24)21-18(25-15)20-16(23)12-4-6-14(19)7-5-12/h4-9H,1-3H3,(H,20,21,23,24)/b15-9-. The van der Waals surface area contributed by atoms with Crippen molar-refractivity contribution in [2.24, 2.45) is 12.0 Å². The zero-order chi connectivity index (χ0) is 18.1. The van der Waals surface area contributed by atoms with Crippen LogP contribution in [0.3, 0.4) is 0 Å². The maximum Gasteiger partial charge on any atom is 0.279 e. The quantitative estimate of drug-likeness (QED) is 0.816. The number of aromatic nitrogens is 1. The first-order chi connectivity index (χ1) is 11.8. The molecule has 128 valence electrons. The van der Waals surface area contributed by atoms with Crippen molar-refractivity contribution in [2.45, 2.75) is 13.8 Å². The van der Waals surface area contributed by atoms with Crippen molar-refractivity contribution in [3.8, 4) is 0 Å². The molecule has 0 atom stereocenters. The zero-order valence-electron chi connectivity index (χ0n) is 14.0. The highest BCUT2D eigenvalue weighted by molar-refractivity contribution is 8.18. The third kappa shape index (κ3) is 3.70. The molecule has 1 fully saturated rings. The minimum atomic E-state index is -0.424. The number of carbonyl (C=O) groups excluding carboxylic acids is 2. The number of aryl methyl sites for hydroxylation is 1. The summed E-state index contributed by atoms with van der Waals surface area (Å²) in [4.78, 5) is 28.8. The highest BCUT2D eigenvalue weighted by Gasteiger charge is 2.25. The Balaban J connectivity index is 1.82. The molecule has 25 heavy (non-hydrogen) atoms. The van der Waals surface area contributed by atoms with Crippen molar-refractivity contribution in [1.82, 2.24) is 9.88 Å². The molecular weight excluding hydrogens is 358 g/mol. The van der Waals surface area contributed by atoms with Crippen molar-refractivity contribution >= 4 is 46.4 Å². The average molecular weight is 374 g/mol. The van der Waals surface area contributed by atoms with Crippen LogP contribution in [0.1, 0.15) is 27.3 Å². The third-order valence-electron chi connectivity index (χ3n) is 4.05. The number of thioether (sulfide) groups is 1. The second-order valence-electron chi connectivity index (χ2n) is 5.68. The normalized spacial score (nSPS) is 17.4. The molecule has 2 amide bonds. The van der Waals surface area contributed by atoms with Crippen LogP contribution in [-0.4, -0.2) is 21.5 Å². The number of benzene rings is 1. The lowest BCUT2D eigenvalue weighted by Gasteiger charge is -1.99. The van der Waals surface area contributed by atoms with Gasteiger partial charge in [0, 0.05) is 29.0 Å². The number of amidine groups is 1. The van der Waals surface area contributed by atoms with Gasteiger partial charge in [-0.25, -0.2) is 0 Å². The van der Waals surface area contributed by atoms with Crippen LogP contribution in [0.4, 0.5) is 0 Å². The molecule has 0 spiro atoms. The Bertz CT molecular complexity index is 927. The predicted molar refractivity (Wildman–Crippen MR) is 102 cm³/mol. The Morgan fingerprint density at radius 3 is 2.56 bits per heavy atom. The van der Waals surface area contributed by atoms with Crippen LogP contribution in [0.5, 0.6) is 0 Å². The molecule has 2 aromatic rings. The number of rotatable bonds is 2. The Kier molecular flexibility index (Phi) is 4.83. The van der Waals surface area contributed by atoms with E-state index in [1.165, 1.54) is 0 Å². The van der Waals surface area contributed by atoms with E-state index in [-0.39, 0.29) is 11.1 Å². The number of nitrogens with zero attached hydrogens (tertiary/aromatic N) is 2. The Hall–Kier alpha value is -2.31. The summed E-state index contributed by atoms with van der Waals surface area (Å²) < 4.78 is 2.06. The van der Waals surface area contributed by atoms with E-state index >= 15 is 0 Å². The summed E-state index contributed by atoms with van der Waals surface area (Å²) in [6, 6.07) is 8.47. The second kappa shape index (κ2) is 6.90. The van der Waals surface area contributed by atoms with Gasteiger partial charge in [-0.05, 0) is 67.6 Å². The highest BCUT2D eigenvalue weighted by Crippen LogP contribution is 2.28. The molecule has 0 saturated carbocycles. The number of hydrogen-bond acceptors (Lipinski definition) is 3. The van der Waals surface area contributed by atoms with Gasteiger partial charge in [0.15, 0.2) is 5.17 Å².